The fourth-order valence-electron chi connectivity index (χ4n) is 2.35. The first-order chi connectivity index (χ1) is 6.77. The number of rotatable bonds is 2. The van der Waals surface area contributed by atoms with E-state index in [1.165, 1.54) is 31.2 Å². The van der Waals surface area contributed by atoms with E-state index in [0.717, 1.165) is 11.1 Å². The van der Waals surface area contributed by atoms with Crippen molar-refractivity contribution in [3.8, 4) is 0 Å². The highest BCUT2D eigenvalue weighted by atomic mass is 79.9. The second-order valence-corrected chi connectivity index (χ2v) is 4.87. The number of nitrogens with zero attached hydrogens (tertiary/aromatic N) is 1. The van der Waals surface area contributed by atoms with Gasteiger partial charge in [0.2, 0.25) is 0 Å². The minimum absolute atomic E-state index is 0.216. The average Bonchev–Trinajstić information content (AvgIpc) is 2.68. The van der Waals surface area contributed by atoms with Gasteiger partial charge in [0.1, 0.15) is 4.60 Å². The maximum absolute atomic E-state index is 5.90. The van der Waals surface area contributed by atoms with Crippen molar-refractivity contribution in [2.75, 3.05) is 6.54 Å². The number of hydrogen-bond donors (Lipinski definition) is 1. The Bertz CT molecular complexity index is 302. The number of hydrogen-bond acceptors (Lipinski definition) is 2. The smallest absolute Gasteiger partial charge is 0.106 e. The summed E-state index contributed by atoms with van der Waals surface area (Å²) in [6, 6.07) is 4.15. The standard InChI is InChI=1S/C11H15BrN2/c12-10-4-3-9(7-14-10)11(8-13)5-1-2-6-11/h3-4,7H,1-2,5-6,8,13H2. The number of nitrogens with two attached hydrogens (primary N) is 1. The molecule has 1 saturated carbocycles. The monoisotopic (exact) mass is 254 g/mol. The molecule has 1 aliphatic carbocycles. The lowest BCUT2D eigenvalue weighted by atomic mass is 9.80. The van der Waals surface area contributed by atoms with Gasteiger partial charge in [-0.15, -0.1) is 0 Å². The van der Waals surface area contributed by atoms with Crippen LogP contribution in [-0.4, -0.2) is 11.5 Å². The predicted molar refractivity (Wildman–Crippen MR) is 61.1 cm³/mol. The third kappa shape index (κ3) is 1.71. The van der Waals surface area contributed by atoms with Crippen molar-refractivity contribution < 1.29 is 0 Å². The van der Waals surface area contributed by atoms with E-state index < -0.39 is 0 Å². The average molecular weight is 255 g/mol. The van der Waals surface area contributed by atoms with Gasteiger partial charge >= 0.3 is 0 Å². The van der Waals surface area contributed by atoms with Gasteiger partial charge in [-0.25, -0.2) is 4.98 Å². The van der Waals surface area contributed by atoms with Gasteiger partial charge in [-0.1, -0.05) is 18.9 Å². The van der Waals surface area contributed by atoms with Gasteiger partial charge in [-0.2, -0.15) is 0 Å². The van der Waals surface area contributed by atoms with Crippen LogP contribution in [0.5, 0.6) is 0 Å². The molecule has 1 aromatic rings. The van der Waals surface area contributed by atoms with Crippen molar-refractivity contribution in [1.82, 2.24) is 4.98 Å². The molecule has 0 aliphatic heterocycles. The van der Waals surface area contributed by atoms with E-state index in [0.29, 0.717) is 0 Å². The molecular weight excluding hydrogens is 240 g/mol. The quantitative estimate of drug-likeness (QED) is 0.825. The van der Waals surface area contributed by atoms with E-state index in [1.807, 2.05) is 12.3 Å². The Morgan fingerprint density at radius 2 is 2.07 bits per heavy atom. The first-order valence-corrected chi connectivity index (χ1v) is 5.88. The van der Waals surface area contributed by atoms with Gasteiger partial charge in [-0.05, 0) is 40.4 Å². The zero-order valence-electron chi connectivity index (χ0n) is 8.17. The highest BCUT2D eigenvalue weighted by Crippen LogP contribution is 2.39. The molecule has 0 atom stereocenters. The summed E-state index contributed by atoms with van der Waals surface area (Å²) in [6.07, 6.45) is 6.99. The molecule has 3 heteroatoms. The first-order valence-electron chi connectivity index (χ1n) is 5.09. The molecule has 0 unspecified atom stereocenters. The Morgan fingerprint density at radius 1 is 1.36 bits per heavy atom. The van der Waals surface area contributed by atoms with Gasteiger partial charge in [0.05, 0.1) is 0 Å². The van der Waals surface area contributed by atoms with E-state index in [9.17, 15) is 0 Å². The molecule has 0 radical (unpaired) electrons. The summed E-state index contributed by atoms with van der Waals surface area (Å²) in [5, 5.41) is 0. The zero-order valence-corrected chi connectivity index (χ0v) is 9.76. The second-order valence-electron chi connectivity index (χ2n) is 4.06. The van der Waals surface area contributed by atoms with Gasteiger partial charge in [0.15, 0.2) is 0 Å². The van der Waals surface area contributed by atoms with E-state index in [1.54, 1.807) is 0 Å². The molecule has 2 N–H and O–H groups in total. The van der Waals surface area contributed by atoms with Crippen LogP contribution < -0.4 is 5.73 Å². The van der Waals surface area contributed by atoms with Gasteiger partial charge in [-0.3, -0.25) is 0 Å². The largest absolute Gasteiger partial charge is 0.330 e. The summed E-state index contributed by atoms with van der Waals surface area (Å²) < 4.78 is 0.895. The fraction of sp³-hybridized carbons (Fsp3) is 0.545. The van der Waals surface area contributed by atoms with Crippen LogP contribution in [0.3, 0.4) is 0 Å². The number of aromatic nitrogens is 1. The molecule has 1 fully saturated rings. The van der Waals surface area contributed by atoms with Crippen molar-refractivity contribution in [2.24, 2.45) is 5.73 Å². The third-order valence-corrected chi connectivity index (χ3v) is 3.76. The maximum Gasteiger partial charge on any atom is 0.106 e. The number of halogens is 1. The lowest BCUT2D eigenvalue weighted by Crippen LogP contribution is -2.32. The second kappa shape index (κ2) is 3.99. The molecule has 14 heavy (non-hydrogen) atoms. The molecule has 2 rings (SSSR count). The van der Waals surface area contributed by atoms with Gasteiger partial charge < -0.3 is 5.73 Å². The molecule has 76 valence electrons. The molecule has 1 heterocycles. The van der Waals surface area contributed by atoms with Crippen LogP contribution in [0.15, 0.2) is 22.9 Å². The van der Waals surface area contributed by atoms with E-state index in [-0.39, 0.29) is 5.41 Å². The molecule has 0 spiro atoms. The summed E-state index contributed by atoms with van der Waals surface area (Å²) in [6.45, 7) is 0.746. The normalized spacial score (nSPS) is 19.9. The summed E-state index contributed by atoms with van der Waals surface area (Å²) in [5.41, 5.74) is 7.42. The van der Waals surface area contributed by atoms with Crippen LogP contribution in [0.1, 0.15) is 31.2 Å². The summed E-state index contributed by atoms with van der Waals surface area (Å²) in [7, 11) is 0. The van der Waals surface area contributed by atoms with Crippen LogP contribution >= 0.6 is 15.9 Å². The van der Waals surface area contributed by atoms with Crippen LogP contribution in [0.25, 0.3) is 0 Å². The summed E-state index contributed by atoms with van der Waals surface area (Å²) >= 11 is 3.35. The lowest BCUT2D eigenvalue weighted by Gasteiger charge is -2.27. The van der Waals surface area contributed by atoms with Crippen LogP contribution in [0.2, 0.25) is 0 Å². The van der Waals surface area contributed by atoms with Gasteiger partial charge in [0.25, 0.3) is 0 Å². The molecule has 0 amide bonds. The Balaban J connectivity index is 2.31. The molecule has 0 bridgehead atoms. The zero-order chi connectivity index (χ0) is 10.0. The minimum atomic E-state index is 0.216. The van der Waals surface area contributed by atoms with Crippen molar-refractivity contribution in [1.29, 1.82) is 0 Å². The lowest BCUT2D eigenvalue weighted by molar-refractivity contribution is 0.451. The first kappa shape index (κ1) is 10.1. The topological polar surface area (TPSA) is 38.9 Å². The summed E-state index contributed by atoms with van der Waals surface area (Å²) in [4.78, 5) is 4.28. The highest BCUT2D eigenvalue weighted by Gasteiger charge is 2.34. The van der Waals surface area contributed by atoms with E-state index >= 15 is 0 Å². The molecule has 0 aromatic carbocycles. The van der Waals surface area contributed by atoms with Crippen molar-refractivity contribution >= 4 is 15.9 Å². The van der Waals surface area contributed by atoms with E-state index in [2.05, 4.69) is 27.0 Å². The minimum Gasteiger partial charge on any atom is -0.330 e. The Labute approximate surface area is 93.0 Å². The molecule has 1 aromatic heterocycles. The van der Waals surface area contributed by atoms with Crippen molar-refractivity contribution in [2.45, 2.75) is 31.1 Å². The SMILES string of the molecule is NCC1(c2ccc(Br)nc2)CCCC1. The third-order valence-electron chi connectivity index (χ3n) is 3.29. The number of pyridine rings is 1. The fourth-order valence-corrected chi connectivity index (χ4v) is 2.59. The summed E-state index contributed by atoms with van der Waals surface area (Å²) in [5.74, 6) is 0. The molecule has 2 nitrogen and oxygen atoms in total. The molecule has 0 saturated heterocycles. The highest BCUT2D eigenvalue weighted by molar-refractivity contribution is 9.10. The molecule has 1 aliphatic rings. The van der Waals surface area contributed by atoms with Crippen LogP contribution in [0.4, 0.5) is 0 Å². The van der Waals surface area contributed by atoms with Crippen molar-refractivity contribution in [3.05, 3.63) is 28.5 Å². The van der Waals surface area contributed by atoms with Gasteiger partial charge in [0, 0.05) is 18.2 Å². The Morgan fingerprint density at radius 3 is 2.57 bits per heavy atom. The molecular formula is C11H15BrN2. The Hall–Kier alpha value is -0.410. The Kier molecular flexibility index (Phi) is 2.88. The van der Waals surface area contributed by atoms with Crippen molar-refractivity contribution in [3.63, 3.8) is 0 Å². The van der Waals surface area contributed by atoms with Crippen LogP contribution in [-0.2, 0) is 5.41 Å². The maximum atomic E-state index is 5.90. The van der Waals surface area contributed by atoms with E-state index in [4.69, 9.17) is 5.73 Å². The predicted octanol–water partition coefficient (Wildman–Crippen LogP) is 2.61. The van der Waals surface area contributed by atoms with Crippen LogP contribution in [0, 0.1) is 0 Å².